The van der Waals surface area contributed by atoms with Crippen LogP contribution in [0, 0.1) is 0 Å². The molecule has 10 heteroatoms. The number of phosphoric ester groups is 1. The molecule has 9 nitrogen and oxygen atoms in total. The highest BCUT2D eigenvalue weighted by atomic mass is 31.2. The summed E-state index contributed by atoms with van der Waals surface area (Å²) in [6, 6.07) is 0. The van der Waals surface area contributed by atoms with Crippen LogP contribution in [-0.4, -0.2) is 52.3 Å². The van der Waals surface area contributed by atoms with Crippen LogP contribution >= 0.6 is 7.82 Å². The molecule has 0 bridgehead atoms. The van der Waals surface area contributed by atoms with Gasteiger partial charge >= 0.3 is 19.8 Å². The molecule has 51 heavy (non-hydrogen) atoms. The summed E-state index contributed by atoms with van der Waals surface area (Å²) in [5.74, 6) is -0.952. The van der Waals surface area contributed by atoms with Gasteiger partial charge in [-0.2, -0.15) is 0 Å². The zero-order valence-electron chi connectivity index (χ0n) is 31.8. The molecular weight excluding hydrogens is 667 g/mol. The van der Waals surface area contributed by atoms with Crippen molar-refractivity contribution >= 4 is 19.8 Å². The SMILES string of the molecule is CC/C=C/CC(O)/C=C/C=C/CCCCCCCC(=O)O[C@H](COC(=O)CCCCCCCCC/C=C\C/C=C\CCCCC)COP(=O)(O)O. The first kappa shape index (κ1) is 48.7. The van der Waals surface area contributed by atoms with Gasteiger partial charge in [-0.25, -0.2) is 4.57 Å². The van der Waals surface area contributed by atoms with E-state index in [1.54, 1.807) is 6.08 Å². The number of carbonyl (C=O) groups excluding carboxylic acids is 2. The smallest absolute Gasteiger partial charge is 0.462 e. The van der Waals surface area contributed by atoms with Crippen LogP contribution in [0.1, 0.15) is 162 Å². The van der Waals surface area contributed by atoms with E-state index in [2.05, 4.69) is 48.8 Å². The number of hydrogen-bond acceptors (Lipinski definition) is 7. The van der Waals surface area contributed by atoms with Crippen LogP contribution in [0.4, 0.5) is 0 Å². The third kappa shape index (κ3) is 38.8. The summed E-state index contributed by atoms with van der Waals surface area (Å²) < 4.78 is 26.3. The molecule has 0 saturated carbocycles. The fraction of sp³-hybridized carbons (Fsp3) is 0.707. The molecule has 0 aromatic heterocycles. The second kappa shape index (κ2) is 36.1. The van der Waals surface area contributed by atoms with E-state index >= 15 is 0 Å². The molecule has 0 radical (unpaired) electrons. The molecule has 0 amide bonds. The summed E-state index contributed by atoms with van der Waals surface area (Å²) in [4.78, 5) is 42.8. The van der Waals surface area contributed by atoms with Crippen LogP contribution in [0.5, 0.6) is 0 Å². The Hall–Kier alpha value is -2.29. The summed E-state index contributed by atoms with van der Waals surface area (Å²) in [5, 5.41) is 9.83. The highest BCUT2D eigenvalue weighted by molar-refractivity contribution is 7.46. The Balaban J connectivity index is 4.04. The van der Waals surface area contributed by atoms with Crippen LogP contribution in [0.3, 0.4) is 0 Å². The first-order valence-electron chi connectivity index (χ1n) is 19.7. The average Bonchev–Trinajstić information content (AvgIpc) is 3.09. The first-order chi connectivity index (χ1) is 24.7. The number of rotatable bonds is 35. The lowest BCUT2D eigenvalue weighted by Gasteiger charge is -2.18. The second-order valence-corrected chi connectivity index (χ2v) is 14.3. The largest absolute Gasteiger partial charge is 0.469 e. The van der Waals surface area contributed by atoms with Gasteiger partial charge in [0.15, 0.2) is 6.10 Å². The number of carbonyl (C=O) groups is 2. The third-order valence-corrected chi connectivity index (χ3v) is 8.59. The standard InChI is InChI=1S/C41H71O9P/c1-3-5-7-8-9-10-11-12-13-14-15-16-17-20-23-26-30-34-40(43)48-36-39(37-49-51(45,46)47)50-41(44)35-31-27-24-21-18-19-22-25-29-33-38(42)32-28-6-4-2/h6,9-10,12-13,22,25,28-29,33,38-39,42H,3-5,7-8,11,14-21,23-24,26-27,30-32,34-37H2,1-2H3,(H2,45,46,47)/b10-9-,13-12-,25-22+,28-6+,33-29+/t38?,39-/m1/s1. The summed E-state index contributed by atoms with van der Waals surface area (Å²) >= 11 is 0. The molecule has 0 aromatic carbocycles. The van der Waals surface area contributed by atoms with Crippen molar-refractivity contribution in [1.82, 2.24) is 0 Å². The monoisotopic (exact) mass is 738 g/mol. The van der Waals surface area contributed by atoms with Gasteiger partial charge in [-0.1, -0.05) is 139 Å². The molecule has 1 unspecified atom stereocenters. The highest BCUT2D eigenvalue weighted by Gasteiger charge is 2.22. The molecular formula is C41H71O9P. The van der Waals surface area contributed by atoms with Crippen molar-refractivity contribution in [2.75, 3.05) is 13.2 Å². The zero-order valence-corrected chi connectivity index (χ0v) is 32.7. The number of phosphoric acid groups is 1. The predicted octanol–water partition coefficient (Wildman–Crippen LogP) is 10.7. The van der Waals surface area contributed by atoms with Crippen molar-refractivity contribution in [2.45, 2.75) is 174 Å². The lowest BCUT2D eigenvalue weighted by Crippen LogP contribution is -2.29. The van der Waals surface area contributed by atoms with Crippen molar-refractivity contribution in [2.24, 2.45) is 0 Å². The molecule has 0 rings (SSSR count). The average molecular weight is 739 g/mol. The molecule has 0 saturated heterocycles. The summed E-state index contributed by atoms with van der Waals surface area (Å²) in [7, 11) is -4.77. The topological polar surface area (TPSA) is 140 Å². The van der Waals surface area contributed by atoms with Crippen molar-refractivity contribution in [3.63, 3.8) is 0 Å². The Morgan fingerprint density at radius 2 is 1.18 bits per heavy atom. The Kier molecular flexibility index (Phi) is 34.5. The molecule has 0 heterocycles. The van der Waals surface area contributed by atoms with Crippen LogP contribution in [0.25, 0.3) is 0 Å². The molecule has 0 aliphatic heterocycles. The number of esters is 2. The molecule has 0 aromatic rings. The summed E-state index contributed by atoms with van der Waals surface area (Å²) in [6.07, 6.45) is 41.2. The number of aliphatic hydroxyl groups is 1. The Morgan fingerprint density at radius 3 is 1.76 bits per heavy atom. The van der Waals surface area contributed by atoms with E-state index in [4.69, 9.17) is 19.3 Å². The Bertz CT molecular complexity index is 1030. The predicted molar refractivity (Wildman–Crippen MR) is 208 cm³/mol. The second-order valence-electron chi connectivity index (χ2n) is 13.1. The van der Waals surface area contributed by atoms with Crippen molar-refractivity contribution in [1.29, 1.82) is 0 Å². The van der Waals surface area contributed by atoms with Gasteiger partial charge in [0.25, 0.3) is 0 Å². The van der Waals surface area contributed by atoms with Crippen LogP contribution in [-0.2, 0) is 28.2 Å². The van der Waals surface area contributed by atoms with Gasteiger partial charge in [-0.3, -0.25) is 14.1 Å². The van der Waals surface area contributed by atoms with E-state index in [0.717, 1.165) is 70.6 Å². The summed E-state index contributed by atoms with van der Waals surface area (Å²) in [5.41, 5.74) is 0. The fourth-order valence-electron chi connectivity index (χ4n) is 5.14. The van der Waals surface area contributed by atoms with E-state index in [1.807, 2.05) is 24.3 Å². The highest BCUT2D eigenvalue weighted by Crippen LogP contribution is 2.36. The van der Waals surface area contributed by atoms with E-state index in [9.17, 15) is 19.3 Å². The maximum atomic E-state index is 12.4. The Labute approximate surface area is 309 Å². The van der Waals surface area contributed by atoms with Crippen LogP contribution in [0.2, 0.25) is 0 Å². The first-order valence-corrected chi connectivity index (χ1v) is 21.2. The van der Waals surface area contributed by atoms with E-state index in [1.165, 1.54) is 44.9 Å². The molecule has 0 fully saturated rings. The Morgan fingerprint density at radius 1 is 0.627 bits per heavy atom. The normalized spacial score (nSPS) is 13.7. The third-order valence-electron chi connectivity index (χ3n) is 8.10. The number of aliphatic hydroxyl groups excluding tert-OH is 1. The number of ether oxygens (including phenoxy) is 2. The van der Waals surface area contributed by atoms with Crippen LogP contribution in [0.15, 0.2) is 60.8 Å². The van der Waals surface area contributed by atoms with Gasteiger partial charge in [0.2, 0.25) is 0 Å². The van der Waals surface area contributed by atoms with Gasteiger partial charge in [0.05, 0.1) is 12.7 Å². The molecule has 0 aliphatic rings. The molecule has 3 N–H and O–H groups in total. The zero-order chi connectivity index (χ0) is 37.7. The number of allylic oxidation sites excluding steroid dienone is 8. The quantitative estimate of drug-likeness (QED) is 0.0190. The molecule has 0 aliphatic carbocycles. The van der Waals surface area contributed by atoms with Crippen molar-refractivity contribution in [3.8, 4) is 0 Å². The van der Waals surface area contributed by atoms with E-state index < -0.39 is 38.6 Å². The summed E-state index contributed by atoms with van der Waals surface area (Å²) in [6.45, 7) is 3.41. The lowest BCUT2D eigenvalue weighted by molar-refractivity contribution is -0.161. The minimum Gasteiger partial charge on any atom is -0.462 e. The van der Waals surface area contributed by atoms with Crippen molar-refractivity contribution < 1.29 is 43.0 Å². The molecule has 2 atom stereocenters. The van der Waals surface area contributed by atoms with Gasteiger partial charge in [-0.05, 0) is 70.6 Å². The maximum absolute atomic E-state index is 12.4. The van der Waals surface area contributed by atoms with Gasteiger partial charge in [0.1, 0.15) is 6.61 Å². The molecule has 0 spiro atoms. The maximum Gasteiger partial charge on any atom is 0.469 e. The van der Waals surface area contributed by atoms with Crippen LogP contribution < -0.4 is 0 Å². The van der Waals surface area contributed by atoms with Gasteiger partial charge in [-0.15, -0.1) is 0 Å². The van der Waals surface area contributed by atoms with Gasteiger partial charge < -0.3 is 24.4 Å². The van der Waals surface area contributed by atoms with Crippen molar-refractivity contribution in [3.05, 3.63) is 60.8 Å². The minimum absolute atomic E-state index is 0.161. The van der Waals surface area contributed by atoms with E-state index in [0.29, 0.717) is 19.3 Å². The number of hydrogen-bond donors (Lipinski definition) is 3. The fourth-order valence-corrected chi connectivity index (χ4v) is 5.50. The van der Waals surface area contributed by atoms with E-state index in [-0.39, 0.29) is 19.4 Å². The lowest BCUT2D eigenvalue weighted by atomic mass is 10.1. The molecule has 294 valence electrons. The number of unbranched alkanes of at least 4 members (excludes halogenated alkanes) is 15. The minimum atomic E-state index is -4.77. The van der Waals surface area contributed by atoms with Gasteiger partial charge in [0, 0.05) is 12.8 Å².